The Morgan fingerprint density at radius 3 is 3.00 bits per heavy atom. The molecule has 1 saturated heterocycles. The first kappa shape index (κ1) is 18.8. The number of hydrogen-bond donors (Lipinski definition) is 1. The summed E-state index contributed by atoms with van der Waals surface area (Å²) in [6.07, 6.45) is 5.22. The van der Waals surface area contributed by atoms with Crippen LogP contribution in [0, 0.1) is 19.8 Å². The molecule has 1 aliphatic heterocycles. The predicted octanol–water partition coefficient (Wildman–Crippen LogP) is 1.91. The molecule has 2 aromatic rings. The van der Waals surface area contributed by atoms with Crippen LogP contribution in [0.25, 0.3) is 5.78 Å². The van der Waals surface area contributed by atoms with Gasteiger partial charge in [0.2, 0.25) is 5.91 Å². The van der Waals surface area contributed by atoms with Crippen molar-refractivity contribution in [3.8, 4) is 0 Å². The Labute approximate surface area is 155 Å². The molecule has 0 spiro atoms. The average molecular weight is 358 g/mol. The number of fused-ring (bicyclic) bond motifs is 1. The van der Waals surface area contributed by atoms with Gasteiger partial charge in [-0.25, -0.2) is 9.50 Å². The third kappa shape index (κ3) is 4.38. The largest absolute Gasteiger partial charge is 0.352 e. The van der Waals surface area contributed by atoms with E-state index >= 15 is 0 Å². The summed E-state index contributed by atoms with van der Waals surface area (Å²) in [4.78, 5) is 23.5. The highest BCUT2D eigenvalue weighted by Crippen LogP contribution is 2.16. The highest BCUT2D eigenvalue weighted by atomic mass is 16.1. The van der Waals surface area contributed by atoms with Gasteiger partial charge in [0, 0.05) is 36.9 Å². The smallest absolute Gasteiger partial charge is 0.252 e. The second-order valence-electron chi connectivity index (χ2n) is 7.71. The molecule has 0 aliphatic carbocycles. The molecule has 0 radical (unpaired) electrons. The van der Waals surface area contributed by atoms with E-state index in [4.69, 9.17) is 0 Å². The second kappa shape index (κ2) is 8.12. The average Bonchev–Trinajstić information content (AvgIpc) is 3.02. The molecular formula is C19H30N6O. The minimum Gasteiger partial charge on any atom is -0.352 e. The van der Waals surface area contributed by atoms with Crippen molar-refractivity contribution in [2.45, 2.75) is 59.4 Å². The third-order valence-corrected chi connectivity index (χ3v) is 5.27. The van der Waals surface area contributed by atoms with Crippen LogP contribution in [0.4, 0.5) is 0 Å². The molecular weight excluding hydrogens is 328 g/mol. The Bertz CT molecular complexity index is 771. The van der Waals surface area contributed by atoms with E-state index < -0.39 is 0 Å². The minimum absolute atomic E-state index is 0.0973. The second-order valence-corrected chi connectivity index (χ2v) is 7.71. The molecule has 7 heteroatoms. The number of carbonyl (C=O) groups excluding carboxylic acids is 1. The number of aryl methyl sites for hydroxylation is 2. The van der Waals surface area contributed by atoms with E-state index in [0.29, 0.717) is 18.6 Å². The number of aromatic nitrogens is 4. The van der Waals surface area contributed by atoms with Gasteiger partial charge in [0.15, 0.2) is 0 Å². The van der Waals surface area contributed by atoms with Crippen LogP contribution in [-0.4, -0.2) is 56.1 Å². The molecule has 1 aliphatic rings. The zero-order chi connectivity index (χ0) is 18.7. The van der Waals surface area contributed by atoms with E-state index in [9.17, 15) is 4.79 Å². The van der Waals surface area contributed by atoms with E-state index in [-0.39, 0.29) is 11.9 Å². The fraction of sp³-hybridized carbons (Fsp3) is 0.684. The van der Waals surface area contributed by atoms with Crippen LogP contribution in [-0.2, 0) is 11.2 Å². The summed E-state index contributed by atoms with van der Waals surface area (Å²) in [6.45, 7) is 11.6. The zero-order valence-electron chi connectivity index (χ0n) is 16.3. The van der Waals surface area contributed by atoms with Crippen molar-refractivity contribution in [3.05, 3.63) is 23.3 Å². The summed E-state index contributed by atoms with van der Waals surface area (Å²) in [7, 11) is 0. The van der Waals surface area contributed by atoms with Crippen LogP contribution in [0.1, 0.15) is 50.1 Å². The number of nitrogens with zero attached hydrogens (tertiary/aromatic N) is 5. The van der Waals surface area contributed by atoms with Crippen molar-refractivity contribution < 1.29 is 4.79 Å². The summed E-state index contributed by atoms with van der Waals surface area (Å²) in [5, 5.41) is 7.35. The Kier molecular flexibility index (Phi) is 5.86. The summed E-state index contributed by atoms with van der Waals surface area (Å²) in [5.74, 6) is 1.47. The van der Waals surface area contributed by atoms with Crippen molar-refractivity contribution in [3.63, 3.8) is 0 Å². The van der Waals surface area contributed by atoms with E-state index in [0.717, 1.165) is 42.5 Å². The Hall–Kier alpha value is -2.02. The first-order valence-electron chi connectivity index (χ1n) is 9.61. The summed E-state index contributed by atoms with van der Waals surface area (Å²) in [5.41, 5.74) is 3.01. The Balaban J connectivity index is 1.52. The van der Waals surface area contributed by atoms with Crippen LogP contribution in [0.2, 0.25) is 0 Å². The normalized spacial score (nSPS) is 19.6. The lowest BCUT2D eigenvalue weighted by Gasteiger charge is -2.32. The molecule has 3 rings (SSSR count). The standard InChI is InChI=1S/C19H30N6O/c1-13-6-5-9-24(10-13)11-14(2)22-18(26)8-7-17-15(3)23-19-20-12-21-25(19)16(17)4/h12-14H,5-11H2,1-4H3,(H,22,26)/t13-,14+/m0/s1. The van der Waals surface area contributed by atoms with Gasteiger partial charge in [-0.15, -0.1) is 0 Å². The van der Waals surface area contributed by atoms with Gasteiger partial charge >= 0.3 is 0 Å². The van der Waals surface area contributed by atoms with E-state index in [1.807, 2.05) is 13.8 Å². The molecule has 0 saturated carbocycles. The Morgan fingerprint density at radius 1 is 1.42 bits per heavy atom. The lowest BCUT2D eigenvalue weighted by molar-refractivity contribution is -0.121. The van der Waals surface area contributed by atoms with Gasteiger partial charge in [-0.1, -0.05) is 6.92 Å². The number of amides is 1. The summed E-state index contributed by atoms with van der Waals surface area (Å²) in [6, 6.07) is 0.172. The van der Waals surface area contributed by atoms with Gasteiger partial charge in [-0.05, 0) is 58.1 Å². The van der Waals surface area contributed by atoms with Gasteiger partial charge < -0.3 is 10.2 Å². The van der Waals surface area contributed by atoms with Crippen molar-refractivity contribution in [1.29, 1.82) is 0 Å². The van der Waals surface area contributed by atoms with Crippen LogP contribution < -0.4 is 5.32 Å². The van der Waals surface area contributed by atoms with Crippen molar-refractivity contribution in [2.24, 2.45) is 5.92 Å². The molecule has 0 unspecified atom stereocenters. The van der Waals surface area contributed by atoms with Gasteiger partial charge in [0.25, 0.3) is 5.78 Å². The zero-order valence-corrected chi connectivity index (χ0v) is 16.3. The fourth-order valence-electron chi connectivity index (χ4n) is 3.99. The summed E-state index contributed by atoms with van der Waals surface area (Å²) >= 11 is 0. The molecule has 1 fully saturated rings. The number of hydrogen-bond acceptors (Lipinski definition) is 5. The maximum Gasteiger partial charge on any atom is 0.252 e. The first-order chi connectivity index (χ1) is 12.4. The van der Waals surface area contributed by atoms with Crippen LogP contribution in [0.5, 0.6) is 0 Å². The number of rotatable bonds is 6. The number of carbonyl (C=O) groups is 1. The molecule has 1 N–H and O–H groups in total. The number of nitrogens with one attached hydrogen (secondary N) is 1. The molecule has 0 bridgehead atoms. The lowest BCUT2D eigenvalue weighted by Crippen LogP contribution is -2.45. The van der Waals surface area contributed by atoms with Crippen LogP contribution >= 0.6 is 0 Å². The van der Waals surface area contributed by atoms with E-state index in [1.165, 1.54) is 19.2 Å². The lowest BCUT2D eigenvalue weighted by atomic mass is 10.00. The highest BCUT2D eigenvalue weighted by molar-refractivity contribution is 5.76. The number of piperidine rings is 1. The van der Waals surface area contributed by atoms with Crippen LogP contribution in [0.15, 0.2) is 6.33 Å². The summed E-state index contributed by atoms with van der Waals surface area (Å²) < 4.78 is 1.74. The molecule has 2 atom stereocenters. The molecule has 0 aromatic carbocycles. The fourth-order valence-corrected chi connectivity index (χ4v) is 3.99. The van der Waals surface area contributed by atoms with Crippen molar-refractivity contribution >= 4 is 11.7 Å². The van der Waals surface area contributed by atoms with E-state index in [2.05, 4.69) is 39.1 Å². The maximum absolute atomic E-state index is 12.4. The molecule has 7 nitrogen and oxygen atoms in total. The van der Waals surface area contributed by atoms with Crippen LogP contribution in [0.3, 0.4) is 0 Å². The first-order valence-corrected chi connectivity index (χ1v) is 9.61. The molecule has 26 heavy (non-hydrogen) atoms. The number of likely N-dealkylation sites (tertiary alicyclic amines) is 1. The van der Waals surface area contributed by atoms with Gasteiger partial charge in [-0.3, -0.25) is 4.79 Å². The molecule has 1 amide bonds. The van der Waals surface area contributed by atoms with Crippen molar-refractivity contribution in [2.75, 3.05) is 19.6 Å². The van der Waals surface area contributed by atoms with Crippen molar-refractivity contribution in [1.82, 2.24) is 29.8 Å². The third-order valence-electron chi connectivity index (χ3n) is 5.27. The minimum atomic E-state index is 0.0973. The maximum atomic E-state index is 12.4. The quantitative estimate of drug-likeness (QED) is 0.854. The molecule has 3 heterocycles. The van der Waals surface area contributed by atoms with Gasteiger partial charge in [0.05, 0.1) is 0 Å². The topological polar surface area (TPSA) is 75.4 Å². The van der Waals surface area contributed by atoms with Gasteiger partial charge in [0.1, 0.15) is 6.33 Å². The molecule has 142 valence electrons. The van der Waals surface area contributed by atoms with Gasteiger partial charge in [-0.2, -0.15) is 10.1 Å². The predicted molar refractivity (Wildman–Crippen MR) is 101 cm³/mol. The van der Waals surface area contributed by atoms with E-state index in [1.54, 1.807) is 4.52 Å². The SMILES string of the molecule is Cc1nc2ncnn2c(C)c1CCC(=O)N[C@H](C)CN1CCC[C@H](C)C1. The molecule has 2 aromatic heterocycles. The Morgan fingerprint density at radius 2 is 2.23 bits per heavy atom. The highest BCUT2D eigenvalue weighted by Gasteiger charge is 2.19. The monoisotopic (exact) mass is 358 g/mol.